The minimum Gasteiger partial charge on any atom is -0.305 e. The summed E-state index contributed by atoms with van der Waals surface area (Å²) in [6.07, 6.45) is 2.71. The zero-order chi connectivity index (χ0) is 15.5. The van der Waals surface area contributed by atoms with E-state index >= 15 is 0 Å². The predicted molar refractivity (Wildman–Crippen MR) is 84.5 cm³/mol. The molecule has 3 N–H and O–H groups in total. The summed E-state index contributed by atoms with van der Waals surface area (Å²) >= 11 is 1.65. The summed E-state index contributed by atoms with van der Waals surface area (Å²) in [5, 5.41) is 9.65. The van der Waals surface area contributed by atoms with E-state index in [1.165, 1.54) is 6.07 Å². The van der Waals surface area contributed by atoms with Crippen molar-refractivity contribution in [2.24, 2.45) is 5.14 Å². The third-order valence-corrected chi connectivity index (χ3v) is 5.01. The van der Waals surface area contributed by atoms with Gasteiger partial charge in [0.25, 0.3) is 0 Å². The average Bonchev–Trinajstić information content (AvgIpc) is 2.85. The van der Waals surface area contributed by atoms with E-state index in [1.807, 2.05) is 19.2 Å². The van der Waals surface area contributed by atoms with Gasteiger partial charge in [-0.3, -0.25) is 0 Å². The molecule has 0 fully saturated rings. The van der Waals surface area contributed by atoms with E-state index in [1.54, 1.807) is 23.5 Å². The Hall–Kier alpha value is -1.28. The smallest absolute Gasteiger partial charge is 0.238 e. The topological polar surface area (TPSA) is 85.1 Å². The van der Waals surface area contributed by atoms with Crippen molar-refractivity contribution in [2.75, 3.05) is 0 Å². The first-order valence-corrected chi connectivity index (χ1v) is 9.04. The molecule has 0 aliphatic carbocycles. The SMILES string of the molecule is CC[C@@H](NCc1cnc(C)s1)c1cccc(S(N)(=O)=O)c1. The molecule has 2 aromatic rings. The Labute approximate surface area is 129 Å². The van der Waals surface area contributed by atoms with Crippen molar-refractivity contribution in [3.8, 4) is 0 Å². The summed E-state index contributed by atoms with van der Waals surface area (Å²) in [5.74, 6) is 0. The molecule has 0 radical (unpaired) electrons. The van der Waals surface area contributed by atoms with Crippen LogP contribution in [0.4, 0.5) is 0 Å². The Morgan fingerprint density at radius 1 is 1.43 bits per heavy atom. The van der Waals surface area contributed by atoms with Crippen LogP contribution in [0.1, 0.15) is 34.8 Å². The van der Waals surface area contributed by atoms with Gasteiger partial charge in [-0.25, -0.2) is 18.5 Å². The molecule has 1 aromatic carbocycles. The molecule has 0 spiro atoms. The summed E-state index contributed by atoms with van der Waals surface area (Å²) in [6, 6.07) is 6.85. The first kappa shape index (κ1) is 16.1. The lowest BCUT2D eigenvalue weighted by molar-refractivity contribution is 0.520. The van der Waals surface area contributed by atoms with Crippen LogP contribution in [0.2, 0.25) is 0 Å². The molecule has 21 heavy (non-hydrogen) atoms. The van der Waals surface area contributed by atoms with Gasteiger partial charge in [0.15, 0.2) is 0 Å². The molecule has 5 nitrogen and oxygen atoms in total. The van der Waals surface area contributed by atoms with Crippen molar-refractivity contribution in [3.63, 3.8) is 0 Å². The minimum absolute atomic E-state index is 0.0779. The van der Waals surface area contributed by atoms with Gasteiger partial charge < -0.3 is 5.32 Å². The van der Waals surface area contributed by atoms with E-state index in [0.717, 1.165) is 21.9 Å². The monoisotopic (exact) mass is 325 g/mol. The fraction of sp³-hybridized carbons (Fsp3) is 0.357. The molecule has 2 rings (SSSR count). The Morgan fingerprint density at radius 2 is 2.19 bits per heavy atom. The first-order valence-electron chi connectivity index (χ1n) is 6.67. The van der Waals surface area contributed by atoms with Crippen molar-refractivity contribution in [1.29, 1.82) is 0 Å². The van der Waals surface area contributed by atoms with Crippen LogP contribution in [0.3, 0.4) is 0 Å². The number of nitrogens with one attached hydrogen (secondary N) is 1. The van der Waals surface area contributed by atoms with Crippen LogP contribution in [-0.4, -0.2) is 13.4 Å². The number of benzene rings is 1. The van der Waals surface area contributed by atoms with Crippen LogP contribution in [0, 0.1) is 6.92 Å². The maximum atomic E-state index is 11.4. The fourth-order valence-electron chi connectivity index (χ4n) is 2.12. The molecule has 0 saturated carbocycles. The second-order valence-corrected chi connectivity index (χ2v) is 7.69. The number of thiazole rings is 1. The van der Waals surface area contributed by atoms with Crippen molar-refractivity contribution in [2.45, 2.75) is 37.8 Å². The summed E-state index contributed by atoms with van der Waals surface area (Å²) in [5.41, 5.74) is 0.922. The fourth-order valence-corrected chi connectivity index (χ4v) is 3.43. The maximum absolute atomic E-state index is 11.4. The second kappa shape index (κ2) is 6.65. The zero-order valence-electron chi connectivity index (χ0n) is 12.0. The standard InChI is InChI=1S/C14H19N3O2S2/c1-3-14(17-9-12-8-16-10(2)20-12)11-5-4-6-13(7-11)21(15,18)19/h4-8,14,17H,3,9H2,1-2H3,(H2,15,18,19)/t14-/m1/s1. The lowest BCUT2D eigenvalue weighted by atomic mass is 10.0. The lowest BCUT2D eigenvalue weighted by Gasteiger charge is -2.17. The molecule has 7 heteroatoms. The number of hydrogen-bond donors (Lipinski definition) is 2. The summed E-state index contributed by atoms with van der Waals surface area (Å²) < 4.78 is 22.9. The Morgan fingerprint density at radius 3 is 2.76 bits per heavy atom. The lowest BCUT2D eigenvalue weighted by Crippen LogP contribution is -2.20. The molecule has 0 amide bonds. The number of sulfonamides is 1. The van der Waals surface area contributed by atoms with Gasteiger partial charge in [-0.15, -0.1) is 11.3 Å². The van der Waals surface area contributed by atoms with Gasteiger partial charge in [-0.2, -0.15) is 0 Å². The van der Waals surface area contributed by atoms with Gasteiger partial charge in [0.1, 0.15) is 0 Å². The van der Waals surface area contributed by atoms with Gasteiger partial charge in [-0.1, -0.05) is 19.1 Å². The van der Waals surface area contributed by atoms with E-state index in [2.05, 4.69) is 17.2 Å². The van der Waals surface area contributed by atoms with Crippen molar-refractivity contribution in [3.05, 3.63) is 45.9 Å². The van der Waals surface area contributed by atoms with E-state index < -0.39 is 10.0 Å². The van der Waals surface area contributed by atoms with Crippen LogP contribution in [0.25, 0.3) is 0 Å². The van der Waals surface area contributed by atoms with Crippen molar-refractivity contribution >= 4 is 21.4 Å². The number of nitrogens with two attached hydrogens (primary N) is 1. The zero-order valence-corrected chi connectivity index (χ0v) is 13.7. The van der Waals surface area contributed by atoms with E-state index in [9.17, 15) is 8.42 Å². The molecular formula is C14H19N3O2S2. The number of hydrogen-bond acceptors (Lipinski definition) is 5. The van der Waals surface area contributed by atoms with Crippen LogP contribution in [0.5, 0.6) is 0 Å². The van der Waals surface area contributed by atoms with Gasteiger partial charge in [0.05, 0.1) is 9.90 Å². The van der Waals surface area contributed by atoms with Crippen LogP contribution < -0.4 is 10.5 Å². The van der Waals surface area contributed by atoms with E-state index in [4.69, 9.17) is 5.14 Å². The van der Waals surface area contributed by atoms with Crippen LogP contribution in [0.15, 0.2) is 35.4 Å². The molecule has 1 aromatic heterocycles. The Bertz CT molecular complexity index is 711. The summed E-state index contributed by atoms with van der Waals surface area (Å²) in [6.45, 7) is 4.74. The van der Waals surface area contributed by atoms with E-state index in [-0.39, 0.29) is 10.9 Å². The highest BCUT2D eigenvalue weighted by Crippen LogP contribution is 2.21. The molecule has 0 unspecified atom stereocenters. The number of aryl methyl sites for hydroxylation is 1. The molecule has 1 heterocycles. The molecule has 0 bridgehead atoms. The molecular weight excluding hydrogens is 306 g/mol. The van der Waals surface area contributed by atoms with Crippen molar-refractivity contribution < 1.29 is 8.42 Å². The molecule has 114 valence electrons. The van der Waals surface area contributed by atoms with E-state index in [0.29, 0.717) is 6.54 Å². The Balaban J connectivity index is 2.14. The molecule has 1 atom stereocenters. The third kappa shape index (κ3) is 4.34. The summed E-state index contributed by atoms with van der Waals surface area (Å²) in [7, 11) is -3.67. The quantitative estimate of drug-likeness (QED) is 0.853. The van der Waals surface area contributed by atoms with Gasteiger partial charge in [0, 0.05) is 23.7 Å². The highest BCUT2D eigenvalue weighted by molar-refractivity contribution is 7.89. The number of nitrogens with zero attached hydrogens (tertiary/aromatic N) is 1. The largest absolute Gasteiger partial charge is 0.305 e. The number of aromatic nitrogens is 1. The third-order valence-electron chi connectivity index (χ3n) is 3.19. The summed E-state index contributed by atoms with van der Waals surface area (Å²) in [4.78, 5) is 5.53. The first-order chi connectivity index (χ1) is 9.90. The van der Waals surface area contributed by atoms with Gasteiger partial charge in [-0.05, 0) is 31.0 Å². The van der Waals surface area contributed by atoms with Crippen LogP contribution in [-0.2, 0) is 16.6 Å². The van der Waals surface area contributed by atoms with Gasteiger partial charge in [0.2, 0.25) is 10.0 Å². The normalized spacial score (nSPS) is 13.3. The highest BCUT2D eigenvalue weighted by atomic mass is 32.2. The van der Waals surface area contributed by atoms with Crippen LogP contribution >= 0.6 is 11.3 Å². The second-order valence-electron chi connectivity index (χ2n) is 4.80. The highest BCUT2D eigenvalue weighted by Gasteiger charge is 2.13. The Kier molecular flexibility index (Phi) is 5.10. The van der Waals surface area contributed by atoms with Gasteiger partial charge >= 0.3 is 0 Å². The molecule has 0 aliphatic rings. The maximum Gasteiger partial charge on any atom is 0.238 e. The minimum atomic E-state index is -3.67. The average molecular weight is 325 g/mol. The predicted octanol–water partition coefficient (Wildman–Crippen LogP) is 2.34. The van der Waals surface area contributed by atoms with Crippen molar-refractivity contribution in [1.82, 2.24) is 10.3 Å². The molecule has 0 aliphatic heterocycles. The number of primary sulfonamides is 1. The number of rotatable bonds is 6. The molecule has 0 saturated heterocycles.